The number of carbonyl (C=O) groups is 1. The lowest BCUT2D eigenvalue weighted by molar-refractivity contribution is 0.0598. The van der Waals surface area contributed by atoms with E-state index >= 15 is 0 Å². The molecule has 0 aromatic carbocycles. The average Bonchev–Trinajstić information content (AvgIpc) is 2.27. The van der Waals surface area contributed by atoms with Crippen LogP contribution in [0.2, 0.25) is 0 Å². The van der Waals surface area contributed by atoms with Gasteiger partial charge in [-0.25, -0.2) is 18.6 Å². The predicted octanol–water partition coefficient (Wildman–Crippen LogP) is 1.87. The summed E-state index contributed by atoms with van der Waals surface area (Å²) < 4.78 is 29.8. The Labute approximate surface area is 104 Å². The third-order valence-electron chi connectivity index (χ3n) is 1.89. The molecule has 4 nitrogen and oxygen atoms in total. The standard InChI is InChI=1S/C9H9F2IN2O2/c1-16-9(15)4-2-5(12)7(8(10)11)14-6(4)3-13/h2,8H,3,13H2,1H3. The number of halogens is 3. The van der Waals surface area contributed by atoms with Gasteiger partial charge < -0.3 is 10.5 Å². The normalized spacial score (nSPS) is 10.6. The van der Waals surface area contributed by atoms with Crippen molar-refractivity contribution < 1.29 is 18.3 Å². The fourth-order valence-corrected chi connectivity index (χ4v) is 1.81. The molecular formula is C9H9F2IN2O2. The third-order valence-corrected chi connectivity index (χ3v) is 2.75. The first-order chi connectivity index (χ1) is 7.51. The van der Waals surface area contributed by atoms with E-state index in [-0.39, 0.29) is 27.1 Å². The van der Waals surface area contributed by atoms with Crippen LogP contribution in [0.15, 0.2) is 6.07 Å². The Kier molecular flexibility index (Phi) is 4.54. The maximum absolute atomic E-state index is 12.5. The van der Waals surface area contributed by atoms with Gasteiger partial charge in [-0.05, 0) is 28.7 Å². The Bertz CT molecular complexity index is 413. The molecule has 0 aliphatic carbocycles. The Morgan fingerprint density at radius 1 is 1.69 bits per heavy atom. The molecule has 0 atom stereocenters. The number of hydrogen-bond acceptors (Lipinski definition) is 4. The van der Waals surface area contributed by atoms with Gasteiger partial charge in [0.15, 0.2) is 0 Å². The largest absolute Gasteiger partial charge is 0.465 e. The summed E-state index contributed by atoms with van der Waals surface area (Å²) in [5.74, 6) is -0.633. The van der Waals surface area contributed by atoms with Crippen LogP contribution in [0.4, 0.5) is 8.78 Å². The van der Waals surface area contributed by atoms with Gasteiger partial charge in [-0.3, -0.25) is 0 Å². The molecule has 0 saturated carbocycles. The van der Waals surface area contributed by atoms with E-state index in [2.05, 4.69) is 9.72 Å². The highest BCUT2D eigenvalue weighted by Crippen LogP contribution is 2.24. The number of nitrogens with zero attached hydrogens (tertiary/aromatic N) is 1. The Morgan fingerprint density at radius 3 is 2.75 bits per heavy atom. The maximum Gasteiger partial charge on any atom is 0.339 e. The highest BCUT2D eigenvalue weighted by atomic mass is 127. The van der Waals surface area contributed by atoms with Gasteiger partial charge >= 0.3 is 5.97 Å². The molecule has 2 N–H and O–H groups in total. The number of pyridine rings is 1. The van der Waals surface area contributed by atoms with E-state index in [1.807, 2.05) is 0 Å². The molecule has 0 radical (unpaired) electrons. The van der Waals surface area contributed by atoms with E-state index in [0.29, 0.717) is 0 Å². The molecule has 0 bridgehead atoms. The van der Waals surface area contributed by atoms with Crippen LogP contribution < -0.4 is 5.73 Å². The number of carbonyl (C=O) groups excluding carboxylic acids is 1. The molecule has 1 aromatic rings. The average molecular weight is 342 g/mol. The molecule has 1 heterocycles. The van der Waals surface area contributed by atoms with Gasteiger partial charge in [0.1, 0.15) is 5.69 Å². The molecular weight excluding hydrogens is 333 g/mol. The minimum Gasteiger partial charge on any atom is -0.465 e. The van der Waals surface area contributed by atoms with Gasteiger partial charge in [0.25, 0.3) is 6.43 Å². The zero-order valence-electron chi connectivity index (χ0n) is 8.34. The molecule has 0 saturated heterocycles. The van der Waals surface area contributed by atoms with Crippen molar-refractivity contribution in [2.24, 2.45) is 5.73 Å². The van der Waals surface area contributed by atoms with Crippen LogP contribution >= 0.6 is 22.6 Å². The zero-order valence-corrected chi connectivity index (χ0v) is 10.5. The Morgan fingerprint density at radius 2 is 2.31 bits per heavy atom. The minimum absolute atomic E-state index is 0.0962. The predicted molar refractivity (Wildman–Crippen MR) is 61.1 cm³/mol. The molecule has 7 heteroatoms. The molecule has 0 aliphatic rings. The molecule has 0 unspecified atom stereocenters. The summed E-state index contributed by atoms with van der Waals surface area (Å²) in [7, 11) is 1.20. The minimum atomic E-state index is -2.69. The molecule has 1 aromatic heterocycles. The fourth-order valence-electron chi connectivity index (χ4n) is 1.14. The van der Waals surface area contributed by atoms with E-state index < -0.39 is 12.4 Å². The molecule has 0 fully saturated rings. The number of ether oxygens (including phenoxy) is 1. The highest BCUT2D eigenvalue weighted by Gasteiger charge is 2.20. The van der Waals surface area contributed by atoms with E-state index in [4.69, 9.17) is 5.73 Å². The van der Waals surface area contributed by atoms with Gasteiger partial charge in [-0.15, -0.1) is 0 Å². The first-order valence-electron chi connectivity index (χ1n) is 4.27. The van der Waals surface area contributed by atoms with Crippen LogP contribution in [0.5, 0.6) is 0 Å². The summed E-state index contributed by atoms with van der Waals surface area (Å²) in [6.45, 7) is -0.0962. The van der Waals surface area contributed by atoms with Crippen molar-refractivity contribution in [1.82, 2.24) is 4.98 Å². The van der Waals surface area contributed by atoms with Crippen molar-refractivity contribution in [3.05, 3.63) is 26.6 Å². The SMILES string of the molecule is COC(=O)c1cc(I)c(C(F)F)nc1CN. The molecule has 16 heavy (non-hydrogen) atoms. The summed E-state index contributed by atoms with van der Waals surface area (Å²) in [4.78, 5) is 15.0. The van der Waals surface area contributed by atoms with E-state index in [1.165, 1.54) is 13.2 Å². The van der Waals surface area contributed by atoms with Crippen molar-refractivity contribution in [3.8, 4) is 0 Å². The summed E-state index contributed by atoms with van der Waals surface area (Å²) in [6.07, 6.45) is -2.69. The summed E-state index contributed by atoms with van der Waals surface area (Å²) >= 11 is 1.69. The van der Waals surface area contributed by atoms with Crippen LogP contribution in [-0.2, 0) is 11.3 Å². The van der Waals surface area contributed by atoms with Gasteiger partial charge in [0.05, 0.1) is 18.4 Å². The second-order valence-electron chi connectivity index (χ2n) is 2.85. The van der Waals surface area contributed by atoms with Gasteiger partial charge in [-0.2, -0.15) is 0 Å². The Balaban J connectivity index is 3.32. The summed E-state index contributed by atoms with van der Waals surface area (Å²) in [6, 6.07) is 1.31. The number of esters is 1. The third kappa shape index (κ3) is 2.64. The van der Waals surface area contributed by atoms with Crippen LogP contribution in [0.3, 0.4) is 0 Å². The number of nitrogens with two attached hydrogens (primary N) is 1. The van der Waals surface area contributed by atoms with Gasteiger partial charge in [0, 0.05) is 10.1 Å². The van der Waals surface area contributed by atoms with Crippen molar-refractivity contribution in [2.75, 3.05) is 7.11 Å². The lowest BCUT2D eigenvalue weighted by Gasteiger charge is -2.09. The molecule has 0 amide bonds. The van der Waals surface area contributed by atoms with Crippen LogP contribution in [0.1, 0.15) is 28.2 Å². The van der Waals surface area contributed by atoms with Gasteiger partial charge in [0.2, 0.25) is 0 Å². The number of hydrogen-bond donors (Lipinski definition) is 1. The molecule has 0 aliphatic heterocycles. The lowest BCUT2D eigenvalue weighted by Crippen LogP contribution is -2.14. The van der Waals surface area contributed by atoms with Crippen molar-refractivity contribution in [1.29, 1.82) is 0 Å². The number of aromatic nitrogens is 1. The fraction of sp³-hybridized carbons (Fsp3) is 0.333. The van der Waals surface area contributed by atoms with Crippen molar-refractivity contribution >= 4 is 28.6 Å². The number of rotatable bonds is 3. The molecule has 88 valence electrons. The quantitative estimate of drug-likeness (QED) is 0.673. The second kappa shape index (κ2) is 5.48. The van der Waals surface area contributed by atoms with E-state index in [9.17, 15) is 13.6 Å². The Hall–Kier alpha value is -0.830. The molecule has 1 rings (SSSR count). The van der Waals surface area contributed by atoms with Crippen LogP contribution in [0.25, 0.3) is 0 Å². The van der Waals surface area contributed by atoms with E-state index in [1.54, 1.807) is 22.6 Å². The lowest BCUT2D eigenvalue weighted by atomic mass is 10.1. The van der Waals surface area contributed by atoms with Crippen molar-refractivity contribution in [3.63, 3.8) is 0 Å². The molecule has 0 spiro atoms. The maximum atomic E-state index is 12.5. The first-order valence-corrected chi connectivity index (χ1v) is 5.35. The van der Waals surface area contributed by atoms with Crippen LogP contribution in [0, 0.1) is 3.57 Å². The topological polar surface area (TPSA) is 65.2 Å². The van der Waals surface area contributed by atoms with Gasteiger partial charge in [-0.1, -0.05) is 0 Å². The smallest absolute Gasteiger partial charge is 0.339 e. The number of methoxy groups -OCH3 is 1. The van der Waals surface area contributed by atoms with Crippen LogP contribution in [-0.4, -0.2) is 18.1 Å². The second-order valence-corrected chi connectivity index (χ2v) is 4.01. The monoisotopic (exact) mass is 342 g/mol. The highest BCUT2D eigenvalue weighted by molar-refractivity contribution is 14.1. The van der Waals surface area contributed by atoms with E-state index in [0.717, 1.165) is 0 Å². The number of alkyl halides is 2. The zero-order chi connectivity index (χ0) is 12.3. The summed E-state index contributed by atoms with van der Waals surface area (Å²) in [5, 5.41) is 0. The van der Waals surface area contributed by atoms with Crippen molar-refractivity contribution in [2.45, 2.75) is 13.0 Å². The summed E-state index contributed by atoms with van der Waals surface area (Å²) in [5.41, 5.74) is 5.22. The first kappa shape index (κ1) is 13.2.